The number of carboxylic acids is 1. The first-order chi connectivity index (χ1) is 10.6. The van der Waals surface area contributed by atoms with Crippen LogP contribution in [-0.4, -0.2) is 28.6 Å². The smallest absolute Gasteiger partial charge is 0.303 e. The number of benzene rings is 1. The summed E-state index contributed by atoms with van der Waals surface area (Å²) in [5.41, 5.74) is 0.286. The van der Waals surface area contributed by atoms with Crippen LogP contribution in [0.15, 0.2) is 24.3 Å². The van der Waals surface area contributed by atoms with Gasteiger partial charge in [0.15, 0.2) is 0 Å². The standard InChI is InChI=1S/C15H21NO4.C2H6/c17-13-9-6-5-8-12(13)15(20)16-11-7-3-1-2-4-10-14(18)19;1-2/h5-6,8-9,17H,1-4,7,10-11H2,(H,16,20)(H,18,19);1-2H3. The van der Waals surface area contributed by atoms with E-state index < -0.39 is 5.97 Å². The third kappa shape index (κ3) is 9.00. The van der Waals surface area contributed by atoms with E-state index in [1.807, 2.05) is 13.8 Å². The number of carbonyl (C=O) groups is 2. The Morgan fingerprint density at radius 2 is 1.59 bits per heavy atom. The van der Waals surface area contributed by atoms with Gasteiger partial charge >= 0.3 is 5.97 Å². The summed E-state index contributed by atoms with van der Waals surface area (Å²) in [7, 11) is 0. The second-order valence-corrected chi connectivity index (χ2v) is 4.68. The maximum absolute atomic E-state index is 11.7. The van der Waals surface area contributed by atoms with E-state index in [1.54, 1.807) is 18.2 Å². The van der Waals surface area contributed by atoms with Crippen LogP contribution in [0.2, 0.25) is 0 Å². The SMILES string of the molecule is CC.O=C(O)CCCCCCCNC(=O)c1ccccc1O. The molecule has 5 nitrogen and oxygen atoms in total. The van der Waals surface area contributed by atoms with Gasteiger partial charge in [0.05, 0.1) is 5.56 Å². The molecule has 3 N–H and O–H groups in total. The number of aromatic hydroxyl groups is 1. The van der Waals surface area contributed by atoms with Crippen molar-refractivity contribution < 1.29 is 19.8 Å². The predicted octanol–water partition coefficient (Wildman–Crippen LogP) is 3.57. The Labute approximate surface area is 132 Å². The van der Waals surface area contributed by atoms with Crippen molar-refractivity contribution in [2.45, 2.75) is 52.4 Å². The lowest BCUT2D eigenvalue weighted by Crippen LogP contribution is -2.24. The maximum atomic E-state index is 11.7. The Morgan fingerprint density at radius 3 is 2.23 bits per heavy atom. The van der Waals surface area contributed by atoms with Crippen molar-refractivity contribution in [1.29, 1.82) is 0 Å². The summed E-state index contributed by atoms with van der Waals surface area (Å²) in [6, 6.07) is 6.44. The van der Waals surface area contributed by atoms with Crippen LogP contribution in [0.4, 0.5) is 0 Å². The lowest BCUT2D eigenvalue weighted by Gasteiger charge is -2.06. The largest absolute Gasteiger partial charge is 0.507 e. The van der Waals surface area contributed by atoms with Crippen LogP contribution in [-0.2, 0) is 4.79 Å². The summed E-state index contributed by atoms with van der Waals surface area (Å²) >= 11 is 0. The fourth-order valence-electron chi connectivity index (χ4n) is 1.89. The number of amides is 1. The summed E-state index contributed by atoms with van der Waals surface area (Å²) in [6.07, 6.45) is 4.62. The predicted molar refractivity (Wildman–Crippen MR) is 87.1 cm³/mol. The first kappa shape index (κ1) is 20.0. The molecule has 0 saturated heterocycles. The Bertz CT molecular complexity index is 446. The number of para-hydroxylation sites is 1. The molecule has 1 rings (SSSR count). The van der Waals surface area contributed by atoms with E-state index in [0.717, 1.165) is 25.7 Å². The number of hydrogen-bond acceptors (Lipinski definition) is 3. The van der Waals surface area contributed by atoms with Crippen LogP contribution in [0.3, 0.4) is 0 Å². The molecule has 0 aliphatic rings. The Balaban J connectivity index is 0.00000211. The maximum Gasteiger partial charge on any atom is 0.303 e. The van der Waals surface area contributed by atoms with E-state index in [1.165, 1.54) is 6.07 Å². The van der Waals surface area contributed by atoms with Crippen molar-refractivity contribution in [2.24, 2.45) is 0 Å². The number of carboxylic acid groups (broad SMARTS) is 1. The molecule has 0 aliphatic heterocycles. The summed E-state index contributed by atoms with van der Waals surface area (Å²) in [5, 5.41) is 20.8. The quantitative estimate of drug-likeness (QED) is 0.609. The topological polar surface area (TPSA) is 86.6 Å². The molecular weight excluding hydrogens is 282 g/mol. The van der Waals surface area contributed by atoms with Gasteiger partial charge in [-0.1, -0.05) is 45.2 Å². The third-order valence-corrected chi connectivity index (χ3v) is 3.00. The Morgan fingerprint density at radius 1 is 1.00 bits per heavy atom. The number of hydrogen-bond donors (Lipinski definition) is 3. The zero-order valence-corrected chi connectivity index (χ0v) is 13.5. The van der Waals surface area contributed by atoms with Crippen molar-refractivity contribution in [3.63, 3.8) is 0 Å². The van der Waals surface area contributed by atoms with Gasteiger partial charge in [-0.3, -0.25) is 9.59 Å². The molecule has 0 unspecified atom stereocenters. The van der Waals surface area contributed by atoms with Crippen LogP contribution in [0.5, 0.6) is 5.75 Å². The minimum atomic E-state index is -0.750. The molecule has 0 aromatic heterocycles. The molecule has 1 aromatic rings. The van der Waals surface area contributed by atoms with Gasteiger partial charge in [-0.05, 0) is 25.0 Å². The highest BCUT2D eigenvalue weighted by molar-refractivity contribution is 5.96. The number of unbranched alkanes of at least 4 members (excludes halogenated alkanes) is 4. The molecule has 0 spiro atoms. The van der Waals surface area contributed by atoms with E-state index in [9.17, 15) is 14.7 Å². The zero-order chi connectivity index (χ0) is 16.8. The summed E-state index contributed by atoms with van der Waals surface area (Å²) < 4.78 is 0. The molecular formula is C17H27NO4. The summed E-state index contributed by atoms with van der Waals surface area (Å²) in [6.45, 7) is 4.56. The van der Waals surface area contributed by atoms with Crippen LogP contribution < -0.4 is 5.32 Å². The van der Waals surface area contributed by atoms with Gasteiger partial charge in [-0.15, -0.1) is 0 Å². The van der Waals surface area contributed by atoms with Gasteiger partial charge in [0, 0.05) is 13.0 Å². The van der Waals surface area contributed by atoms with Gasteiger partial charge in [0.2, 0.25) is 0 Å². The van der Waals surface area contributed by atoms with Crippen molar-refractivity contribution in [2.75, 3.05) is 6.54 Å². The number of rotatable bonds is 9. The van der Waals surface area contributed by atoms with Crippen LogP contribution >= 0.6 is 0 Å². The molecule has 0 atom stereocenters. The number of nitrogens with one attached hydrogen (secondary N) is 1. The average Bonchev–Trinajstić information content (AvgIpc) is 2.52. The highest BCUT2D eigenvalue weighted by Gasteiger charge is 2.08. The van der Waals surface area contributed by atoms with E-state index in [2.05, 4.69) is 5.32 Å². The van der Waals surface area contributed by atoms with Crippen molar-refractivity contribution in [3.8, 4) is 5.75 Å². The summed E-state index contributed by atoms with van der Waals surface area (Å²) in [4.78, 5) is 22.0. The van der Waals surface area contributed by atoms with Gasteiger partial charge in [-0.2, -0.15) is 0 Å². The van der Waals surface area contributed by atoms with Crippen LogP contribution in [0.25, 0.3) is 0 Å². The molecule has 0 aliphatic carbocycles. The summed E-state index contributed by atoms with van der Waals surface area (Å²) in [5.74, 6) is -1.03. The van der Waals surface area contributed by atoms with Crippen molar-refractivity contribution >= 4 is 11.9 Å². The highest BCUT2D eigenvalue weighted by atomic mass is 16.4. The van der Waals surface area contributed by atoms with Gasteiger partial charge in [-0.25, -0.2) is 0 Å². The Kier molecular flexibility index (Phi) is 11.5. The minimum Gasteiger partial charge on any atom is -0.507 e. The fourth-order valence-corrected chi connectivity index (χ4v) is 1.89. The van der Waals surface area contributed by atoms with Crippen LogP contribution in [0.1, 0.15) is 62.7 Å². The lowest BCUT2D eigenvalue weighted by molar-refractivity contribution is -0.137. The second-order valence-electron chi connectivity index (χ2n) is 4.68. The van der Waals surface area contributed by atoms with Crippen LogP contribution in [0, 0.1) is 0 Å². The Hall–Kier alpha value is -2.04. The molecule has 1 amide bonds. The van der Waals surface area contributed by atoms with Gasteiger partial charge in [0.1, 0.15) is 5.75 Å². The zero-order valence-electron chi connectivity index (χ0n) is 13.5. The van der Waals surface area contributed by atoms with Gasteiger partial charge in [0.25, 0.3) is 5.91 Å². The molecule has 0 fully saturated rings. The lowest BCUT2D eigenvalue weighted by atomic mass is 10.1. The number of phenols is 1. The molecule has 22 heavy (non-hydrogen) atoms. The highest BCUT2D eigenvalue weighted by Crippen LogP contribution is 2.15. The molecule has 124 valence electrons. The molecule has 0 heterocycles. The molecule has 0 bridgehead atoms. The average molecular weight is 309 g/mol. The van der Waals surface area contributed by atoms with Gasteiger partial charge < -0.3 is 15.5 Å². The van der Waals surface area contributed by atoms with Crippen molar-refractivity contribution in [3.05, 3.63) is 29.8 Å². The van der Waals surface area contributed by atoms with E-state index in [0.29, 0.717) is 13.0 Å². The third-order valence-electron chi connectivity index (χ3n) is 3.00. The minimum absolute atomic E-state index is 0.0151. The monoisotopic (exact) mass is 309 g/mol. The van der Waals surface area contributed by atoms with E-state index >= 15 is 0 Å². The van der Waals surface area contributed by atoms with E-state index in [-0.39, 0.29) is 23.6 Å². The fraction of sp³-hybridized carbons (Fsp3) is 0.529. The number of phenolic OH excluding ortho intramolecular Hbond substituents is 1. The molecule has 5 heteroatoms. The van der Waals surface area contributed by atoms with Crippen molar-refractivity contribution in [1.82, 2.24) is 5.32 Å². The molecule has 1 aromatic carbocycles. The second kappa shape index (κ2) is 12.7. The molecule has 0 radical (unpaired) electrons. The first-order valence-electron chi connectivity index (χ1n) is 7.89. The normalized spacial score (nSPS) is 9.55. The number of aliphatic carboxylic acids is 1. The first-order valence-corrected chi connectivity index (χ1v) is 7.89. The number of carbonyl (C=O) groups excluding carboxylic acids is 1. The molecule has 0 saturated carbocycles. The van der Waals surface area contributed by atoms with E-state index in [4.69, 9.17) is 5.11 Å².